The van der Waals surface area contributed by atoms with Crippen molar-refractivity contribution < 1.29 is 32.9 Å². The minimum absolute atomic E-state index is 0.0776. The van der Waals surface area contributed by atoms with Gasteiger partial charge in [0, 0.05) is 6.42 Å². The van der Waals surface area contributed by atoms with Crippen molar-refractivity contribution in [3.05, 3.63) is 12.2 Å². The van der Waals surface area contributed by atoms with Crippen molar-refractivity contribution in [2.24, 2.45) is 0 Å². The van der Waals surface area contributed by atoms with Gasteiger partial charge in [-0.15, -0.1) is 0 Å². The molecule has 3 N–H and O–H groups in total. The summed E-state index contributed by atoms with van der Waals surface area (Å²) in [5.41, 5.74) is 0. The average Bonchev–Trinajstić information content (AvgIpc) is 3.30. The molecule has 0 aliphatic heterocycles. The number of aliphatic hydroxyl groups is 1. The van der Waals surface area contributed by atoms with Crippen molar-refractivity contribution in [3.8, 4) is 0 Å². The normalized spacial score (nSPS) is 13.9. The molecular formula is C59H120N2O6P+. The summed E-state index contributed by atoms with van der Waals surface area (Å²) in [7, 11) is 1.63. The summed E-state index contributed by atoms with van der Waals surface area (Å²) in [6.07, 6.45) is 62.8. The monoisotopic (exact) mass is 984 g/mol. The quantitative estimate of drug-likeness (QED) is 0.0243. The van der Waals surface area contributed by atoms with Crippen molar-refractivity contribution in [2.75, 3.05) is 40.9 Å². The lowest BCUT2D eigenvalue weighted by molar-refractivity contribution is -0.870. The second-order valence-electron chi connectivity index (χ2n) is 22.1. The molecule has 406 valence electrons. The van der Waals surface area contributed by atoms with E-state index in [0.717, 1.165) is 38.5 Å². The van der Waals surface area contributed by atoms with E-state index >= 15 is 0 Å². The van der Waals surface area contributed by atoms with Crippen LogP contribution in [0.5, 0.6) is 0 Å². The summed E-state index contributed by atoms with van der Waals surface area (Å²) >= 11 is 0. The van der Waals surface area contributed by atoms with Crippen LogP contribution in [0.25, 0.3) is 0 Å². The Bertz CT molecular complexity index is 1120. The number of nitrogens with zero attached hydrogens (tertiary/aromatic N) is 1. The fourth-order valence-corrected chi connectivity index (χ4v) is 10.0. The van der Waals surface area contributed by atoms with Gasteiger partial charge in [-0.2, -0.15) is 0 Å². The van der Waals surface area contributed by atoms with Crippen LogP contribution >= 0.6 is 7.82 Å². The lowest BCUT2D eigenvalue weighted by Crippen LogP contribution is -2.46. The Morgan fingerprint density at radius 2 is 0.794 bits per heavy atom. The van der Waals surface area contributed by atoms with E-state index in [1.165, 1.54) is 244 Å². The van der Waals surface area contributed by atoms with E-state index in [4.69, 9.17) is 9.05 Å². The Kier molecular flexibility index (Phi) is 50.6. The Labute approximate surface area is 424 Å². The van der Waals surface area contributed by atoms with E-state index in [1.54, 1.807) is 0 Å². The summed E-state index contributed by atoms with van der Waals surface area (Å²) in [5.74, 6) is -0.138. The molecule has 0 rings (SSSR count). The highest BCUT2D eigenvalue weighted by Crippen LogP contribution is 2.43. The second-order valence-corrected chi connectivity index (χ2v) is 23.5. The molecule has 68 heavy (non-hydrogen) atoms. The first-order chi connectivity index (χ1) is 33.0. The van der Waals surface area contributed by atoms with Gasteiger partial charge in [0.05, 0.1) is 39.9 Å². The predicted molar refractivity (Wildman–Crippen MR) is 295 cm³/mol. The maximum atomic E-state index is 13.0. The molecule has 3 unspecified atom stereocenters. The summed E-state index contributed by atoms with van der Waals surface area (Å²) in [6, 6.07) is -0.757. The number of aliphatic hydroxyl groups excluding tert-OH is 1. The van der Waals surface area contributed by atoms with Crippen LogP contribution in [0.3, 0.4) is 0 Å². The summed E-state index contributed by atoms with van der Waals surface area (Å²) < 4.78 is 23.8. The van der Waals surface area contributed by atoms with E-state index in [0.29, 0.717) is 23.9 Å². The number of allylic oxidation sites excluding steroid dienone is 2. The summed E-state index contributed by atoms with van der Waals surface area (Å²) in [6.45, 7) is 4.93. The third-order valence-electron chi connectivity index (χ3n) is 14.0. The van der Waals surface area contributed by atoms with Crippen molar-refractivity contribution in [2.45, 2.75) is 321 Å². The maximum Gasteiger partial charge on any atom is 0.472 e. The number of amides is 1. The van der Waals surface area contributed by atoms with Gasteiger partial charge < -0.3 is 19.8 Å². The van der Waals surface area contributed by atoms with Crippen molar-refractivity contribution in [1.82, 2.24) is 5.32 Å². The van der Waals surface area contributed by atoms with Crippen molar-refractivity contribution in [3.63, 3.8) is 0 Å². The third-order valence-corrected chi connectivity index (χ3v) is 15.0. The predicted octanol–water partition coefficient (Wildman–Crippen LogP) is 18.2. The van der Waals surface area contributed by atoms with E-state index in [1.807, 2.05) is 21.1 Å². The molecule has 9 heteroatoms. The van der Waals surface area contributed by atoms with Gasteiger partial charge >= 0.3 is 7.82 Å². The van der Waals surface area contributed by atoms with E-state index in [2.05, 4.69) is 31.3 Å². The highest BCUT2D eigenvalue weighted by atomic mass is 31.2. The number of phosphoric acid groups is 1. The zero-order valence-corrected chi connectivity index (χ0v) is 47.3. The Balaban J connectivity index is 4.00. The van der Waals surface area contributed by atoms with Gasteiger partial charge in [0.2, 0.25) is 5.91 Å². The van der Waals surface area contributed by atoms with Gasteiger partial charge in [-0.3, -0.25) is 13.8 Å². The largest absolute Gasteiger partial charge is 0.472 e. The lowest BCUT2D eigenvalue weighted by Gasteiger charge is -2.26. The number of phosphoric ester groups is 1. The molecule has 0 bridgehead atoms. The zero-order valence-electron chi connectivity index (χ0n) is 46.4. The summed E-state index contributed by atoms with van der Waals surface area (Å²) in [4.78, 5) is 23.3. The molecule has 3 atom stereocenters. The lowest BCUT2D eigenvalue weighted by atomic mass is 10.0. The fraction of sp³-hybridized carbons (Fsp3) is 0.949. The fourth-order valence-electron chi connectivity index (χ4n) is 9.28. The van der Waals surface area contributed by atoms with Gasteiger partial charge in [-0.05, 0) is 38.5 Å². The smallest absolute Gasteiger partial charge is 0.391 e. The van der Waals surface area contributed by atoms with Crippen LogP contribution in [-0.2, 0) is 18.4 Å². The van der Waals surface area contributed by atoms with Crippen LogP contribution < -0.4 is 5.32 Å². The number of unbranched alkanes of at least 4 members (excludes halogenated alkanes) is 41. The van der Waals surface area contributed by atoms with Crippen LogP contribution in [0.1, 0.15) is 309 Å². The van der Waals surface area contributed by atoms with Gasteiger partial charge in [0.25, 0.3) is 0 Å². The Morgan fingerprint density at radius 1 is 0.485 bits per heavy atom. The number of likely N-dealkylation sites (N-methyl/N-ethyl adjacent to an activating group) is 1. The number of rotatable bonds is 56. The molecule has 0 heterocycles. The van der Waals surface area contributed by atoms with Gasteiger partial charge in [-0.1, -0.05) is 276 Å². The molecule has 0 radical (unpaired) electrons. The van der Waals surface area contributed by atoms with Crippen molar-refractivity contribution >= 4 is 13.7 Å². The first kappa shape index (κ1) is 67.2. The maximum absolute atomic E-state index is 13.0. The highest BCUT2D eigenvalue weighted by molar-refractivity contribution is 7.47. The van der Waals surface area contributed by atoms with Gasteiger partial charge in [0.1, 0.15) is 13.2 Å². The molecule has 0 aromatic rings. The molecule has 0 aromatic carbocycles. The highest BCUT2D eigenvalue weighted by Gasteiger charge is 2.28. The van der Waals surface area contributed by atoms with E-state index in [9.17, 15) is 19.4 Å². The number of hydrogen-bond donors (Lipinski definition) is 3. The zero-order chi connectivity index (χ0) is 49.9. The standard InChI is InChI=1S/C59H119N2O6P/c1-6-8-10-12-14-16-18-20-22-23-24-25-26-27-28-29-30-31-32-33-34-35-36-37-39-41-43-45-47-49-51-53-59(63)60-57(56-67-68(64,65)66-55-54-61(3,4)5)58(62)52-50-48-46-44-42-40-38-21-19-17-15-13-11-9-7-2/h27-28,57-58,62H,6-26,29-56H2,1-5H3,(H-,60,63,64,65)/p+1/b28-27-. The van der Waals surface area contributed by atoms with E-state index < -0.39 is 20.0 Å². The first-order valence-electron chi connectivity index (χ1n) is 30.1. The number of nitrogens with one attached hydrogen (secondary N) is 1. The Hall–Kier alpha value is -0.760. The summed E-state index contributed by atoms with van der Waals surface area (Å²) in [5, 5.41) is 14.1. The molecule has 1 amide bonds. The molecule has 0 saturated carbocycles. The molecule has 0 aliphatic rings. The van der Waals surface area contributed by atoms with Gasteiger partial charge in [-0.25, -0.2) is 4.57 Å². The number of hydrogen-bond acceptors (Lipinski definition) is 5. The molecule has 0 spiro atoms. The first-order valence-corrected chi connectivity index (χ1v) is 31.5. The van der Waals surface area contributed by atoms with E-state index in [-0.39, 0.29) is 19.1 Å². The number of carbonyl (C=O) groups excluding carboxylic acids is 1. The third kappa shape index (κ3) is 53.0. The second kappa shape index (κ2) is 51.2. The van der Waals surface area contributed by atoms with Crippen LogP contribution in [0.2, 0.25) is 0 Å². The molecule has 0 fully saturated rings. The minimum Gasteiger partial charge on any atom is -0.391 e. The van der Waals surface area contributed by atoms with Gasteiger partial charge in [0.15, 0.2) is 0 Å². The van der Waals surface area contributed by atoms with Crippen LogP contribution in [0, 0.1) is 0 Å². The molecule has 8 nitrogen and oxygen atoms in total. The van der Waals surface area contributed by atoms with Crippen LogP contribution in [0.4, 0.5) is 0 Å². The number of quaternary nitrogens is 1. The molecule has 0 aliphatic carbocycles. The van der Waals surface area contributed by atoms with Crippen molar-refractivity contribution in [1.29, 1.82) is 0 Å². The number of carbonyl (C=O) groups is 1. The Morgan fingerprint density at radius 3 is 1.13 bits per heavy atom. The molecule has 0 aromatic heterocycles. The SMILES string of the molecule is CCCCCCCCCCCCCC/C=C\CCCCCCCCCCCCCCCCCC(=O)NC(COP(=O)(O)OCC[N+](C)(C)C)C(O)CCCCCCCCCCCCCCCCC. The molecule has 0 saturated heterocycles. The minimum atomic E-state index is -4.32. The van der Waals surface area contributed by atoms with Crippen LogP contribution in [-0.4, -0.2) is 73.4 Å². The molecular weight excluding hydrogens is 864 g/mol. The van der Waals surface area contributed by atoms with Crippen LogP contribution in [0.15, 0.2) is 12.2 Å². The topological polar surface area (TPSA) is 105 Å². The average molecular weight is 985 g/mol.